The van der Waals surface area contributed by atoms with Crippen molar-refractivity contribution < 1.29 is 9.18 Å². The minimum Gasteiger partial charge on any atom is -0.350 e. The Labute approximate surface area is 117 Å². The van der Waals surface area contributed by atoms with Gasteiger partial charge in [-0.25, -0.2) is 4.39 Å². The Balaban J connectivity index is 1.80. The number of rotatable bonds is 4. The molecule has 0 aliphatic heterocycles. The van der Waals surface area contributed by atoms with E-state index in [1.165, 1.54) is 25.0 Å². The molecule has 0 bridgehead atoms. The highest BCUT2D eigenvalue weighted by atomic mass is 19.1. The van der Waals surface area contributed by atoms with Crippen molar-refractivity contribution in [3.8, 4) is 0 Å². The van der Waals surface area contributed by atoms with Gasteiger partial charge in [0, 0.05) is 30.2 Å². The minimum atomic E-state index is -0.276. The third kappa shape index (κ3) is 2.48. The SMILES string of the molecule is Cn1cc(C(=O)CNC2CCCC2)c2ccc(F)cc21. The van der Waals surface area contributed by atoms with Crippen molar-refractivity contribution in [1.82, 2.24) is 9.88 Å². The average Bonchev–Trinajstić information content (AvgIpc) is 3.05. The van der Waals surface area contributed by atoms with Crippen LogP contribution in [0.2, 0.25) is 0 Å². The summed E-state index contributed by atoms with van der Waals surface area (Å²) in [4.78, 5) is 12.3. The van der Waals surface area contributed by atoms with Crippen LogP contribution in [0, 0.1) is 5.82 Å². The van der Waals surface area contributed by atoms with Gasteiger partial charge in [-0.2, -0.15) is 0 Å². The number of fused-ring (bicyclic) bond motifs is 1. The first kappa shape index (κ1) is 13.3. The maximum atomic E-state index is 13.3. The lowest BCUT2D eigenvalue weighted by Crippen LogP contribution is -2.31. The number of nitrogens with zero attached hydrogens (tertiary/aromatic N) is 1. The van der Waals surface area contributed by atoms with Gasteiger partial charge in [0.1, 0.15) is 5.82 Å². The summed E-state index contributed by atoms with van der Waals surface area (Å²) in [6.07, 6.45) is 6.61. The molecule has 2 aromatic rings. The summed E-state index contributed by atoms with van der Waals surface area (Å²) < 4.78 is 15.1. The molecule has 3 nitrogen and oxygen atoms in total. The number of carbonyl (C=O) groups excluding carboxylic acids is 1. The average molecular weight is 274 g/mol. The van der Waals surface area contributed by atoms with E-state index in [0.717, 1.165) is 23.7 Å². The Morgan fingerprint density at radius 3 is 2.90 bits per heavy atom. The number of Topliss-reactive ketones (excluding diaryl/α,β-unsaturated/α-hetero) is 1. The number of aryl methyl sites for hydroxylation is 1. The first-order chi connectivity index (χ1) is 9.65. The third-order valence-electron chi connectivity index (χ3n) is 4.16. The number of aromatic nitrogens is 1. The van der Waals surface area contributed by atoms with Gasteiger partial charge < -0.3 is 9.88 Å². The summed E-state index contributed by atoms with van der Waals surface area (Å²) in [7, 11) is 1.84. The predicted octanol–water partition coefficient (Wildman–Crippen LogP) is 3.03. The highest BCUT2D eigenvalue weighted by Crippen LogP contribution is 2.22. The molecule has 4 heteroatoms. The van der Waals surface area contributed by atoms with Gasteiger partial charge in [-0.3, -0.25) is 4.79 Å². The molecule has 1 aliphatic rings. The molecule has 1 fully saturated rings. The molecule has 0 amide bonds. The van der Waals surface area contributed by atoms with E-state index in [4.69, 9.17) is 0 Å². The van der Waals surface area contributed by atoms with Crippen molar-refractivity contribution in [2.45, 2.75) is 31.7 Å². The normalized spacial score (nSPS) is 16.1. The number of benzene rings is 1. The number of halogens is 1. The quantitative estimate of drug-likeness (QED) is 0.870. The Hall–Kier alpha value is -1.68. The maximum absolute atomic E-state index is 13.3. The van der Waals surface area contributed by atoms with Crippen LogP contribution in [0.3, 0.4) is 0 Å². The summed E-state index contributed by atoms with van der Waals surface area (Å²) in [5, 5.41) is 4.16. The fourth-order valence-electron chi connectivity index (χ4n) is 3.04. The van der Waals surface area contributed by atoms with E-state index in [-0.39, 0.29) is 11.6 Å². The molecule has 0 radical (unpaired) electrons. The van der Waals surface area contributed by atoms with E-state index in [0.29, 0.717) is 18.2 Å². The van der Waals surface area contributed by atoms with Crippen LogP contribution in [0.25, 0.3) is 10.9 Å². The summed E-state index contributed by atoms with van der Waals surface area (Å²) in [5.74, 6) is -0.198. The van der Waals surface area contributed by atoms with Crippen LogP contribution in [-0.4, -0.2) is 22.9 Å². The largest absolute Gasteiger partial charge is 0.350 e. The van der Waals surface area contributed by atoms with Gasteiger partial charge in [0.05, 0.1) is 12.1 Å². The van der Waals surface area contributed by atoms with Crippen LogP contribution in [-0.2, 0) is 7.05 Å². The smallest absolute Gasteiger partial charge is 0.178 e. The van der Waals surface area contributed by atoms with Gasteiger partial charge in [0.15, 0.2) is 5.78 Å². The van der Waals surface area contributed by atoms with Crippen LogP contribution >= 0.6 is 0 Å². The van der Waals surface area contributed by atoms with Gasteiger partial charge in [0.2, 0.25) is 0 Å². The van der Waals surface area contributed by atoms with Crippen LogP contribution in [0.1, 0.15) is 36.0 Å². The summed E-state index contributed by atoms with van der Waals surface area (Å²) in [5.41, 5.74) is 1.43. The molecule has 0 saturated heterocycles. The second-order valence-electron chi connectivity index (χ2n) is 5.60. The van der Waals surface area contributed by atoms with Crippen molar-refractivity contribution in [3.63, 3.8) is 0 Å². The molecule has 1 saturated carbocycles. The van der Waals surface area contributed by atoms with Crippen molar-refractivity contribution in [3.05, 3.63) is 35.8 Å². The lowest BCUT2D eigenvalue weighted by Gasteiger charge is -2.10. The summed E-state index contributed by atoms with van der Waals surface area (Å²) in [6.45, 7) is 0.362. The summed E-state index contributed by atoms with van der Waals surface area (Å²) >= 11 is 0. The molecular formula is C16H19FN2O. The maximum Gasteiger partial charge on any atom is 0.178 e. The van der Waals surface area contributed by atoms with Crippen molar-refractivity contribution >= 4 is 16.7 Å². The van der Waals surface area contributed by atoms with Gasteiger partial charge in [-0.05, 0) is 31.0 Å². The zero-order valence-electron chi connectivity index (χ0n) is 11.7. The fraction of sp³-hybridized carbons (Fsp3) is 0.438. The molecule has 20 heavy (non-hydrogen) atoms. The highest BCUT2D eigenvalue weighted by molar-refractivity contribution is 6.09. The van der Waals surface area contributed by atoms with Gasteiger partial charge in [0.25, 0.3) is 0 Å². The molecule has 1 aliphatic carbocycles. The lowest BCUT2D eigenvalue weighted by atomic mass is 10.1. The van der Waals surface area contributed by atoms with E-state index in [1.807, 2.05) is 7.05 Å². The van der Waals surface area contributed by atoms with Crippen molar-refractivity contribution in [2.75, 3.05) is 6.54 Å². The van der Waals surface area contributed by atoms with Crippen LogP contribution in [0.4, 0.5) is 4.39 Å². The molecule has 1 aromatic heterocycles. The second kappa shape index (κ2) is 5.37. The Kier molecular flexibility index (Phi) is 3.57. The van der Waals surface area contributed by atoms with Crippen molar-refractivity contribution in [2.24, 2.45) is 7.05 Å². The predicted molar refractivity (Wildman–Crippen MR) is 77.5 cm³/mol. The van der Waals surface area contributed by atoms with E-state index in [1.54, 1.807) is 16.8 Å². The number of nitrogens with one attached hydrogen (secondary N) is 1. The molecule has 0 unspecified atom stereocenters. The molecule has 106 valence electrons. The van der Waals surface area contributed by atoms with Crippen LogP contribution in [0.5, 0.6) is 0 Å². The number of carbonyl (C=O) groups is 1. The molecule has 1 aromatic carbocycles. The molecule has 0 atom stereocenters. The van der Waals surface area contributed by atoms with Crippen LogP contribution < -0.4 is 5.32 Å². The fourth-order valence-corrected chi connectivity index (χ4v) is 3.04. The topological polar surface area (TPSA) is 34.0 Å². The molecular weight excluding hydrogens is 255 g/mol. The Morgan fingerprint density at radius 1 is 1.40 bits per heavy atom. The van der Waals surface area contributed by atoms with Crippen LogP contribution in [0.15, 0.2) is 24.4 Å². The van der Waals surface area contributed by atoms with Gasteiger partial charge in [-0.15, -0.1) is 0 Å². The lowest BCUT2D eigenvalue weighted by molar-refractivity contribution is 0.0988. The van der Waals surface area contributed by atoms with Gasteiger partial charge in [-0.1, -0.05) is 12.8 Å². The third-order valence-corrected chi connectivity index (χ3v) is 4.16. The van der Waals surface area contributed by atoms with E-state index in [2.05, 4.69) is 5.32 Å². The zero-order valence-corrected chi connectivity index (χ0v) is 11.7. The van der Waals surface area contributed by atoms with Gasteiger partial charge >= 0.3 is 0 Å². The summed E-state index contributed by atoms with van der Waals surface area (Å²) in [6, 6.07) is 5.04. The molecule has 1 N–H and O–H groups in total. The number of hydrogen-bond acceptors (Lipinski definition) is 2. The van der Waals surface area contributed by atoms with E-state index >= 15 is 0 Å². The Bertz CT molecular complexity index is 641. The van der Waals surface area contributed by atoms with E-state index in [9.17, 15) is 9.18 Å². The van der Waals surface area contributed by atoms with E-state index < -0.39 is 0 Å². The zero-order chi connectivity index (χ0) is 14.1. The number of hydrogen-bond donors (Lipinski definition) is 1. The van der Waals surface area contributed by atoms with Crippen molar-refractivity contribution in [1.29, 1.82) is 0 Å². The monoisotopic (exact) mass is 274 g/mol. The number of ketones is 1. The molecule has 0 spiro atoms. The molecule has 3 rings (SSSR count). The first-order valence-electron chi connectivity index (χ1n) is 7.16. The minimum absolute atomic E-state index is 0.0779. The standard InChI is InChI=1S/C16H19FN2O/c1-19-10-14(13-7-6-11(17)8-15(13)19)16(20)9-18-12-4-2-3-5-12/h6-8,10,12,18H,2-5,9H2,1H3. The molecule has 1 heterocycles. The first-order valence-corrected chi connectivity index (χ1v) is 7.16. The Morgan fingerprint density at radius 2 is 2.15 bits per heavy atom. The second-order valence-corrected chi connectivity index (χ2v) is 5.60. The highest BCUT2D eigenvalue weighted by Gasteiger charge is 2.18.